The van der Waals surface area contributed by atoms with Crippen LogP contribution in [0.5, 0.6) is 0 Å². The molecule has 0 bridgehead atoms. The molecule has 1 heterocycles. The van der Waals surface area contributed by atoms with Crippen LogP contribution in [0.3, 0.4) is 0 Å². The smallest absolute Gasteiger partial charge is 0.239 e. The zero-order valence-corrected chi connectivity index (χ0v) is 9.08. The Morgan fingerprint density at radius 1 is 1.50 bits per heavy atom. The van der Waals surface area contributed by atoms with Gasteiger partial charge in [0.15, 0.2) is 0 Å². The van der Waals surface area contributed by atoms with Crippen LogP contribution in [0.25, 0.3) is 0 Å². The zero-order chi connectivity index (χ0) is 10.8. The van der Waals surface area contributed by atoms with Gasteiger partial charge in [0.1, 0.15) is 4.90 Å². The fourth-order valence-corrected chi connectivity index (χ4v) is 1.52. The van der Waals surface area contributed by atoms with E-state index in [1.165, 1.54) is 12.3 Å². The van der Waals surface area contributed by atoms with E-state index in [9.17, 15) is 8.42 Å². The van der Waals surface area contributed by atoms with Crippen LogP contribution >= 0.6 is 0 Å². The minimum Gasteiger partial charge on any atom is -0.260 e. The SMILES string of the molecule is CCC(C)c1ccc(S(N)(=O)=O)cn1. The first-order valence-electron chi connectivity index (χ1n) is 4.44. The fourth-order valence-electron chi connectivity index (χ4n) is 1.06. The van der Waals surface area contributed by atoms with Crippen molar-refractivity contribution in [2.24, 2.45) is 5.14 Å². The molecule has 1 aromatic rings. The maximum atomic E-state index is 10.9. The number of nitrogens with zero attached hydrogens (tertiary/aromatic N) is 1. The molecule has 0 spiro atoms. The molecule has 0 amide bonds. The van der Waals surface area contributed by atoms with Crippen molar-refractivity contribution < 1.29 is 8.42 Å². The minimum absolute atomic E-state index is 0.0598. The molecule has 78 valence electrons. The molecule has 0 aliphatic rings. The summed E-state index contributed by atoms with van der Waals surface area (Å²) in [6, 6.07) is 3.19. The first kappa shape index (κ1) is 11.1. The van der Waals surface area contributed by atoms with Crippen molar-refractivity contribution in [1.29, 1.82) is 0 Å². The van der Waals surface area contributed by atoms with Gasteiger partial charge in [-0.1, -0.05) is 13.8 Å². The predicted molar refractivity (Wildman–Crippen MR) is 54.3 cm³/mol. The molecule has 2 N–H and O–H groups in total. The summed E-state index contributed by atoms with van der Waals surface area (Å²) >= 11 is 0. The van der Waals surface area contributed by atoms with Crippen LogP contribution in [-0.4, -0.2) is 13.4 Å². The Kier molecular flexibility index (Phi) is 3.23. The molecular weight excluding hydrogens is 200 g/mol. The fraction of sp³-hybridized carbons (Fsp3) is 0.444. The Morgan fingerprint density at radius 3 is 2.50 bits per heavy atom. The first-order chi connectivity index (χ1) is 6.45. The molecule has 0 aliphatic heterocycles. The van der Waals surface area contributed by atoms with E-state index in [0.717, 1.165) is 12.1 Å². The predicted octanol–water partition coefficient (Wildman–Crippen LogP) is 1.24. The lowest BCUT2D eigenvalue weighted by molar-refractivity contribution is 0.597. The lowest BCUT2D eigenvalue weighted by Gasteiger charge is -2.07. The van der Waals surface area contributed by atoms with Gasteiger partial charge in [-0.3, -0.25) is 4.98 Å². The van der Waals surface area contributed by atoms with Gasteiger partial charge in [-0.25, -0.2) is 13.6 Å². The lowest BCUT2D eigenvalue weighted by Crippen LogP contribution is -2.12. The highest BCUT2D eigenvalue weighted by atomic mass is 32.2. The second-order valence-corrected chi connectivity index (χ2v) is 4.83. The molecular formula is C9H14N2O2S. The van der Waals surface area contributed by atoms with Crippen LogP contribution in [0.2, 0.25) is 0 Å². The van der Waals surface area contributed by atoms with E-state index in [0.29, 0.717) is 5.92 Å². The van der Waals surface area contributed by atoms with Gasteiger partial charge in [0.25, 0.3) is 0 Å². The monoisotopic (exact) mass is 214 g/mol. The summed E-state index contributed by atoms with van der Waals surface area (Å²) in [5.41, 5.74) is 0.889. The lowest BCUT2D eigenvalue weighted by atomic mass is 10.1. The van der Waals surface area contributed by atoms with E-state index in [4.69, 9.17) is 5.14 Å². The highest BCUT2D eigenvalue weighted by molar-refractivity contribution is 7.89. The third kappa shape index (κ3) is 2.52. The molecule has 0 radical (unpaired) electrons. The molecule has 1 aromatic heterocycles. The Labute approximate surface area is 84.2 Å². The van der Waals surface area contributed by atoms with Crippen molar-refractivity contribution in [3.05, 3.63) is 24.0 Å². The van der Waals surface area contributed by atoms with Crippen molar-refractivity contribution in [3.8, 4) is 0 Å². The van der Waals surface area contributed by atoms with Gasteiger partial charge in [-0.15, -0.1) is 0 Å². The number of sulfonamides is 1. The average Bonchev–Trinajstić information content (AvgIpc) is 2.15. The molecule has 4 nitrogen and oxygen atoms in total. The van der Waals surface area contributed by atoms with Crippen molar-refractivity contribution in [2.75, 3.05) is 0 Å². The number of nitrogens with two attached hydrogens (primary N) is 1. The molecule has 0 saturated heterocycles. The van der Waals surface area contributed by atoms with Crippen LogP contribution in [0.4, 0.5) is 0 Å². The highest BCUT2D eigenvalue weighted by Gasteiger charge is 2.09. The van der Waals surface area contributed by atoms with Crippen molar-refractivity contribution in [1.82, 2.24) is 4.98 Å². The second-order valence-electron chi connectivity index (χ2n) is 3.27. The van der Waals surface area contributed by atoms with Crippen LogP contribution in [-0.2, 0) is 10.0 Å². The Balaban J connectivity index is 3.01. The van der Waals surface area contributed by atoms with Gasteiger partial charge in [-0.05, 0) is 24.5 Å². The molecule has 1 unspecified atom stereocenters. The summed E-state index contributed by atoms with van der Waals surface area (Å²) in [5.74, 6) is 0.338. The summed E-state index contributed by atoms with van der Waals surface area (Å²) in [4.78, 5) is 4.12. The average molecular weight is 214 g/mol. The largest absolute Gasteiger partial charge is 0.260 e. The summed E-state index contributed by atoms with van der Waals surface area (Å²) in [7, 11) is -3.61. The van der Waals surface area contributed by atoms with Gasteiger partial charge in [0, 0.05) is 11.9 Å². The zero-order valence-electron chi connectivity index (χ0n) is 8.27. The molecule has 0 aromatic carbocycles. The summed E-state index contributed by atoms with van der Waals surface area (Å²) in [5, 5.41) is 4.95. The van der Waals surface area contributed by atoms with Crippen LogP contribution in [0.1, 0.15) is 31.9 Å². The van der Waals surface area contributed by atoms with Gasteiger partial charge in [-0.2, -0.15) is 0 Å². The molecule has 0 saturated carbocycles. The number of rotatable bonds is 3. The van der Waals surface area contributed by atoms with E-state index < -0.39 is 10.0 Å². The first-order valence-corrected chi connectivity index (χ1v) is 5.98. The summed E-state index contributed by atoms with van der Waals surface area (Å²) in [6.07, 6.45) is 2.28. The quantitative estimate of drug-likeness (QED) is 0.822. The normalized spacial score (nSPS) is 13.9. The third-order valence-electron chi connectivity index (χ3n) is 2.21. The standard InChI is InChI=1S/C9H14N2O2S/c1-3-7(2)9-5-4-8(6-11-9)14(10,12)13/h4-7H,3H2,1-2H3,(H2,10,12,13). The van der Waals surface area contributed by atoms with Gasteiger partial charge < -0.3 is 0 Å². The molecule has 1 rings (SSSR count). The molecule has 14 heavy (non-hydrogen) atoms. The van der Waals surface area contributed by atoms with Crippen molar-refractivity contribution in [3.63, 3.8) is 0 Å². The topological polar surface area (TPSA) is 73.1 Å². The second kappa shape index (κ2) is 4.06. The maximum Gasteiger partial charge on any atom is 0.239 e. The van der Waals surface area contributed by atoms with E-state index in [1.807, 2.05) is 6.92 Å². The highest BCUT2D eigenvalue weighted by Crippen LogP contribution is 2.16. The van der Waals surface area contributed by atoms with Crippen LogP contribution < -0.4 is 5.14 Å². The van der Waals surface area contributed by atoms with E-state index in [-0.39, 0.29) is 4.90 Å². The number of hydrogen-bond acceptors (Lipinski definition) is 3. The molecule has 0 fully saturated rings. The van der Waals surface area contributed by atoms with Gasteiger partial charge >= 0.3 is 0 Å². The number of aromatic nitrogens is 1. The van der Waals surface area contributed by atoms with Gasteiger partial charge in [0.05, 0.1) is 0 Å². The Hall–Kier alpha value is -0.940. The molecule has 5 heteroatoms. The maximum absolute atomic E-state index is 10.9. The number of pyridine rings is 1. The number of hydrogen-bond donors (Lipinski definition) is 1. The third-order valence-corrected chi connectivity index (χ3v) is 3.10. The van der Waals surface area contributed by atoms with Crippen LogP contribution in [0.15, 0.2) is 23.2 Å². The summed E-state index contributed by atoms with van der Waals surface area (Å²) in [6.45, 7) is 4.10. The van der Waals surface area contributed by atoms with Crippen molar-refractivity contribution in [2.45, 2.75) is 31.1 Å². The van der Waals surface area contributed by atoms with E-state index >= 15 is 0 Å². The molecule has 0 aliphatic carbocycles. The minimum atomic E-state index is -3.61. The Bertz CT molecular complexity index is 397. The van der Waals surface area contributed by atoms with Gasteiger partial charge in [0.2, 0.25) is 10.0 Å². The van der Waals surface area contributed by atoms with E-state index in [1.54, 1.807) is 6.07 Å². The Morgan fingerprint density at radius 2 is 2.14 bits per heavy atom. The van der Waals surface area contributed by atoms with Crippen molar-refractivity contribution >= 4 is 10.0 Å². The van der Waals surface area contributed by atoms with E-state index in [2.05, 4.69) is 11.9 Å². The van der Waals surface area contributed by atoms with Crippen LogP contribution in [0, 0.1) is 0 Å². The number of primary sulfonamides is 1. The molecule has 1 atom stereocenters. The summed E-state index contributed by atoms with van der Waals surface area (Å²) < 4.78 is 21.8.